The molecule has 0 aromatic heterocycles. The van der Waals surface area contributed by atoms with Crippen LogP contribution in [0.2, 0.25) is 0 Å². The maximum atomic E-state index is 10.8. The highest BCUT2D eigenvalue weighted by atomic mass is 32.2. The molecule has 0 heterocycles. The molecule has 0 bridgehead atoms. The van der Waals surface area contributed by atoms with Gasteiger partial charge in [-0.25, -0.2) is 4.79 Å². The molecule has 0 aliphatic heterocycles. The number of benzene rings is 1. The van der Waals surface area contributed by atoms with Crippen LogP contribution in [0.3, 0.4) is 0 Å². The molecule has 0 aliphatic rings. The summed E-state index contributed by atoms with van der Waals surface area (Å²) in [4.78, 5) is 11.7. The first kappa shape index (κ1) is 14.1. The van der Waals surface area contributed by atoms with Crippen LogP contribution in [0.5, 0.6) is 0 Å². The molecule has 4 heteroatoms. The molecular formula is C13H18O3S. The second kappa shape index (κ2) is 6.07. The highest BCUT2D eigenvalue weighted by molar-refractivity contribution is 7.99. The fourth-order valence-corrected chi connectivity index (χ4v) is 2.01. The van der Waals surface area contributed by atoms with E-state index in [-0.39, 0.29) is 5.60 Å². The van der Waals surface area contributed by atoms with Gasteiger partial charge in [-0.2, -0.15) is 0 Å². The Morgan fingerprint density at radius 1 is 1.41 bits per heavy atom. The van der Waals surface area contributed by atoms with Crippen molar-refractivity contribution in [1.29, 1.82) is 0 Å². The van der Waals surface area contributed by atoms with Gasteiger partial charge in [0.15, 0.2) is 0 Å². The number of hydrogen-bond acceptors (Lipinski definition) is 3. The standard InChI is InChI=1S/C13H18O3S/c1-13(2,3)16-7-8-17-11-6-4-5-10(9-11)12(14)15/h4-6,9H,7-8H2,1-3H3,(H,14,15). The lowest BCUT2D eigenvalue weighted by Gasteiger charge is -2.19. The molecule has 1 aromatic rings. The summed E-state index contributed by atoms with van der Waals surface area (Å²) in [5.41, 5.74) is 0.204. The smallest absolute Gasteiger partial charge is 0.335 e. The monoisotopic (exact) mass is 254 g/mol. The zero-order chi connectivity index (χ0) is 12.9. The minimum Gasteiger partial charge on any atom is -0.478 e. The molecule has 1 aromatic carbocycles. The van der Waals surface area contributed by atoms with E-state index in [2.05, 4.69) is 0 Å². The van der Waals surface area contributed by atoms with Gasteiger partial charge in [0.2, 0.25) is 0 Å². The fraction of sp³-hybridized carbons (Fsp3) is 0.462. The maximum Gasteiger partial charge on any atom is 0.335 e. The number of thioether (sulfide) groups is 1. The fourth-order valence-electron chi connectivity index (χ4n) is 1.23. The summed E-state index contributed by atoms with van der Waals surface area (Å²) < 4.78 is 5.59. The quantitative estimate of drug-likeness (QED) is 0.647. The largest absolute Gasteiger partial charge is 0.478 e. The van der Waals surface area contributed by atoms with Crippen molar-refractivity contribution in [3.05, 3.63) is 29.8 Å². The van der Waals surface area contributed by atoms with Crippen LogP contribution in [0.25, 0.3) is 0 Å². The summed E-state index contributed by atoms with van der Waals surface area (Å²) in [5, 5.41) is 8.85. The van der Waals surface area contributed by atoms with Crippen molar-refractivity contribution in [2.45, 2.75) is 31.3 Å². The van der Waals surface area contributed by atoms with Crippen LogP contribution in [-0.4, -0.2) is 29.0 Å². The molecule has 3 nitrogen and oxygen atoms in total. The van der Waals surface area contributed by atoms with Gasteiger partial charge in [0.1, 0.15) is 0 Å². The molecule has 1 N–H and O–H groups in total. The van der Waals surface area contributed by atoms with Crippen LogP contribution in [0.15, 0.2) is 29.2 Å². The Bertz CT molecular complexity index is 382. The van der Waals surface area contributed by atoms with Gasteiger partial charge in [0.25, 0.3) is 0 Å². The minimum atomic E-state index is -0.890. The third-order valence-electron chi connectivity index (χ3n) is 1.97. The lowest BCUT2D eigenvalue weighted by atomic mass is 10.2. The van der Waals surface area contributed by atoms with E-state index in [9.17, 15) is 4.79 Å². The summed E-state index contributed by atoms with van der Waals surface area (Å²) in [6, 6.07) is 6.95. The molecule has 0 amide bonds. The summed E-state index contributed by atoms with van der Waals surface area (Å²) in [6.45, 7) is 6.71. The van der Waals surface area contributed by atoms with E-state index in [4.69, 9.17) is 9.84 Å². The molecule has 1 rings (SSSR count). The summed E-state index contributed by atoms with van der Waals surface area (Å²) in [5.74, 6) is -0.0706. The SMILES string of the molecule is CC(C)(C)OCCSc1cccc(C(=O)O)c1. The summed E-state index contributed by atoms with van der Waals surface area (Å²) >= 11 is 1.60. The number of carbonyl (C=O) groups is 1. The molecule has 0 saturated heterocycles. The molecule has 0 saturated carbocycles. The average molecular weight is 254 g/mol. The lowest BCUT2D eigenvalue weighted by Crippen LogP contribution is -2.20. The van der Waals surface area contributed by atoms with E-state index in [0.717, 1.165) is 10.6 Å². The number of rotatable bonds is 5. The Kier molecular flexibility index (Phi) is 5.02. The van der Waals surface area contributed by atoms with Crippen LogP contribution in [-0.2, 0) is 4.74 Å². The molecular weight excluding hydrogens is 236 g/mol. The zero-order valence-electron chi connectivity index (χ0n) is 10.4. The van der Waals surface area contributed by atoms with Crippen molar-refractivity contribution < 1.29 is 14.6 Å². The van der Waals surface area contributed by atoms with Crippen molar-refractivity contribution in [3.8, 4) is 0 Å². The predicted octanol–water partition coefficient (Wildman–Crippen LogP) is 3.29. The topological polar surface area (TPSA) is 46.5 Å². The molecule has 0 atom stereocenters. The predicted molar refractivity (Wildman–Crippen MR) is 69.8 cm³/mol. The van der Waals surface area contributed by atoms with E-state index in [1.807, 2.05) is 26.8 Å². The molecule has 0 radical (unpaired) electrons. The van der Waals surface area contributed by atoms with Gasteiger partial charge in [0.05, 0.1) is 17.8 Å². The van der Waals surface area contributed by atoms with Crippen molar-refractivity contribution in [3.63, 3.8) is 0 Å². The zero-order valence-corrected chi connectivity index (χ0v) is 11.2. The Morgan fingerprint density at radius 2 is 2.12 bits per heavy atom. The van der Waals surface area contributed by atoms with Gasteiger partial charge in [0, 0.05) is 10.6 Å². The molecule has 0 unspecified atom stereocenters. The van der Waals surface area contributed by atoms with Crippen LogP contribution in [0.4, 0.5) is 0 Å². The van der Waals surface area contributed by atoms with Gasteiger partial charge in [-0.05, 0) is 39.0 Å². The van der Waals surface area contributed by atoms with E-state index < -0.39 is 5.97 Å². The van der Waals surface area contributed by atoms with Crippen LogP contribution >= 0.6 is 11.8 Å². The molecule has 0 spiro atoms. The van der Waals surface area contributed by atoms with Gasteiger partial charge in [-0.15, -0.1) is 11.8 Å². The number of hydrogen-bond donors (Lipinski definition) is 1. The van der Waals surface area contributed by atoms with Gasteiger partial charge in [-0.1, -0.05) is 6.07 Å². The third kappa shape index (κ3) is 5.75. The average Bonchev–Trinajstić information content (AvgIpc) is 2.23. The van der Waals surface area contributed by atoms with Crippen molar-refractivity contribution in [2.24, 2.45) is 0 Å². The van der Waals surface area contributed by atoms with Crippen molar-refractivity contribution >= 4 is 17.7 Å². The second-order valence-electron chi connectivity index (χ2n) is 4.64. The number of ether oxygens (including phenoxy) is 1. The van der Waals surface area contributed by atoms with Gasteiger partial charge >= 0.3 is 5.97 Å². The van der Waals surface area contributed by atoms with Crippen LogP contribution in [0.1, 0.15) is 31.1 Å². The Morgan fingerprint density at radius 3 is 2.71 bits per heavy atom. The lowest BCUT2D eigenvalue weighted by molar-refractivity contribution is 0.00694. The van der Waals surface area contributed by atoms with Gasteiger partial charge in [-0.3, -0.25) is 0 Å². The molecule has 17 heavy (non-hydrogen) atoms. The molecule has 0 fully saturated rings. The first-order chi connectivity index (χ1) is 7.88. The highest BCUT2D eigenvalue weighted by Gasteiger charge is 2.09. The first-order valence-corrected chi connectivity index (χ1v) is 6.47. The Hall–Kier alpha value is -1.00. The van der Waals surface area contributed by atoms with Crippen molar-refractivity contribution in [1.82, 2.24) is 0 Å². The normalized spacial score (nSPS) is 11.5. The van der Waals surface area contributed by atoms with E-state index in [1.165, 1.54) is 0 Å². The minimum absolute atomic E-state index is 0.122. The number of carboxylic acid groups (broad SMARTS) is 1. The van der Waals surface area contributed by atoms with Crippen LogP contribution in [0, 0.1) is 0 Å². The van der Waals surface area contributed by atoms with E-state index in [1.54, 1.807) is 30.0 Å². The first-order valence-electron chi connectivity index (χ1n) is 5.48. The number of aromatic carboxylic acids is 1. The van der Waals surface area contributed by atoms with E-state index in [0.29, 0.717) is 12.2 Å². The molecule has 94 valence electrons. The summed E-state index contributed by atoms with van der Waals surface area (Å²) in [6.07, 6.45) is 0. The highest BCUT2D eigenvalue weighted by Crippen LogP contribution is 2.19. The Balaban J connectivity index is 2.42. The van der Waals surface area contributed by atoms with Gasteiger partial charge < -0.3 is 9.84 Å². The molecule has 0 aliphatic carbocycles. The summed E-state index contributed by atoms with van der Waals surface area (Å²) in [7, 11) is 0. The number of carboxylic acids is 1. The van der Waals surface area contributed by atoms with Crippen molar-refractivity contribution in [2.75, 3.05) is 12.4 Å². The van der Waals surface area contributed by atoms with Crippen LogP contribution < -0.4 is 0 Å². The van der Waals surface area contributed by atoms with E-state index >= 15 is 0 Å². The maximum absolute atomic E-state index is 10.8. The second-order valence-corrected chi connectivity index (χ2v) is 5.81. The third-order valence-corrected chi connectivity index (χ3v) is 2.93. The Labute approximate surface area is 106 Å².